The molecule has 0 saturated heterocycles. The maximum absolute atomic E-state index is 13.0. The van der Waals surface area contributed by atoms with Crippen LogP contribution in [0.25, 0.3) is 0 Å². The monoisotopic (exact) mass is 370 g/mol. The van der Waals surface area contributed by atoms with Gasteiger partial charge in [-0.15, -0.1) is 0 Å². The summed E-state index contributed by atoms with van der Waals surface area (Å²) >= 11 is 0. The van der Waals surface area contributed by atoms with Gasteiger partial charge in [0.05, 0.1) is 45.0 Å². The number of carbonyl (C=O) groups is 1. The summed E-state index contributed by atoms with van der Waals surface area (Å²) in [5, 5.41) is 2.89. The van der Waals surface area contributed by atoms with Crippen molar-refractivity contribution in [2.45, 2.75) is 19.5 Å². The molecule has 1 N–H and O–H groups in total. The Kier molecular flexibility index (Phi) is 5.71. The Morgan fingerprint density at radius 2 is 1.89 bits per heavy atom. The predicted molar refractivity (Wildman–Crippen MR) is 99.9 cm³/mol. The first-order valence-corrected chi connectivity index (χ1v) is 8.47. The van der Waals surface area contributed by atoms with Gasteiger partial charge in [-0.3, -0.25) is 0 Å². The number of hydrogen-bond acceptors (Lipinski definition) is 5. The van der Waals surface area contributed by atoms with Crippen molar-refractivity contribution in [2.24, 2.45) is 0 Å². The number of ether oxygens (including phenoxy) is 2. The molecule has 0 saturated carbocycles. The first-order valence-electron chi connectivity index (χ1n) is 8.47. The molecule has 0 aliphatic rings. The van der Waals surface area contributed by atoms with Gasteiger partial charge in [0.25, 0.3) is 0 Å². The lowest BCUT2D eigenvalue weighted by Crippen LogP contribution is -2.36. The van der Waals surface area contributed by atoms with E-state index in [1.807, 2.05) is 19.1 Å². The topological polar surface area (TPSA) is 77.1 Å². The quantitative estimate of drug-likeness (QED) is 0.653. The Labute approximate surface area is 157 Å². The molecule has 7 nitrogen and oxygen atoms in total. The number of rotatable bonds is 7. The van der Waals surface area contributed by atoms with Gasteiger partial charge >= 0.3 is 6.03 Å². The van der Waals surface area contributed by atoms with E-state index in [-0.39, 0.29) is 12.1 Å². The van der Waals surface area contributed by atoms with Gasteiger partial charge in [-0.05, 0) is 43.3 Å². The molecular weight excluding hydrogens is 348 g/mol. The molecule has 3 rings (SSSR count). The zero-order valence-corrected chi connectivity index (χ0v) is 15.5. The van der Waals surface area contributed by atoms with Gasteiger partial charge < -0.3 is 28.5 Å². The normalized spacial score (nSPS) is 11.7. The number of nitrogens with one attached hydrogen (secondary N) is 1. The minimum Gasteiger partial charge on any atom is -0.497 e. The Balaban J connectivity index is 1.84. The van der Waals surface area contributed by atoms with Crippen LogP contribution >= 0.6 is 0 Å². The number of furan rings is 2. The standard InChI is InChI=1S/C20H22N2O5/c1-14(18-7-5-11-27-18)22(13-16-6-4-10-26-16)20(23)21-17-9-8-15(24-2)12-19(17)25-3/h4-12,14H,13H2,1-3H3,(H,21,23). The van der Waals surface area contributed by atoms with Gasteiger partial charge in [-0.1, -0.05) is 0 Å². The summed E-state index contributed by atoms with van der Waals surface area (Å²) in [6.07, 6.45) is 3.16. The minimum absolute atomic E-state index is 0.291. The zero-order chi connectivity index (χ0) is 19.2. The zero-order valence-electron chi connectivity index (χ0n) is 15.5. The summed E-state index contributed by atoms with van der Waals surface area (Å²) < 4.78 is 21.4. The molecule has 142 valence electrons. The van der Waals surface area contributed by atoms with Crippen LogP contribution < -0.4 is 14.8 Å². The fraction of sp³-hybridized carbons (Fsp3) is 0.250. The van der Waals surface area contributed by atoms with E-state index in [0.29, 0.717) is 35.3 Å². The van der Waals surface area contributed by atoms with Crippen molar-refractivity contribution in [3.05, 3.63) is 66.5 Å². The molecule has 0 aliphatic carbocycles. The van der Waals surface area contributed by atoms with Gasteiger partial charge in [0.15, 0.2) is 0 Å². The first kappa shape index (κ1) is 18.4. The largest absolute Gasteiger partial charge is 0.497 e. The molecule has 0 fully saturated rings. The SMILES string of the molecule is COc1ccc(NC(=O)N(Cc2ccco2)C(C)c2ccco2)c(OC)c1. The van der Waals surface area contributed by atoms with Gasteiger partial charge in [0.2, 0.25) is 0 Å². The highest BCUT2D eigenvalue weighted by molar-refractivity contribution is 5.91. The van der Waals surface area contributed by atoms with Crippen molar-refractivity contribution in [3.63, 3.8) is 0 Å². The van der Waals surface area contributed by atoms with E-state index >= 15 is 0 Å². The number of benzene rings is 1. The van der Waals surface area contributed by atoms with Crippen LogP contribution in [0.5, 0.6) is 11.5 Å². The molecule has 7 heteroatoms. The van der Waals surface area contributed by atoms with Crippen molar-refractivity contribution < 1.29 is 23.1 Å². The Bertz CT molecular complexity index is 859. The average molecular weight is 370 g/mol. The molecule has 2 aromatic heterocycles. The van der Waals surface area contributed by atoms with E-state index < -0.39 is 0 Å². The maximum Gasteiger partial charge on any atom is 0.322 e. The van der Waals surface area contributed by atoms with Crippen molar-refractivity contribution in [2.75, 3.05) is 19.5 Å². The number of hydrogen-bond donors (Lipinski definition) is 1. The van der Waals surface area contributed by atoms with Crippen LogP contribution in [-0.2, 0) is 6.54 Å². The molecule has 0 radical (unpaired) electrons. The van der Waals surface area contributed by atoms with Crippen LogP contribution in [0.15, 0.2) is 63.8 Å². The summed E-state index contributed by atoms with van der Waals surface area (Å²) in [6, 6.07) is 11.8. The average Bonchev–Trinajstić information content (AvgIpc) is 3.39. The summed E-state index contributed by atoms with van der Waals surface area (Å²) in [6.45, 7) is 2.19. The number of carbonyl (C=O) groups excluding carboxylic acids is 1. The highest BCUT2D eigenvalue weighted by Crippen LogP contribution is 2.30. The third-order valence-corrected chi connectivity index (χ3v) is 4.24. The Morgan fingerprint density at radius 1 is 1.11 bits per heavy atom. The smallest absolute Gasteiger partial charge is 0.322 e. The van der Waals surface area contributed by atoms with E-state index in [1.54, 1.807) is 54.9 Å². The van der Waals surface area contributed by atoms with E-state index in [2.05, 4.69) is 5.32 Å². The molecule has 3 aromatic rings. The Morgan fingerprint density at radius 3 is 2.52 bits per heavy atom. The first-order chi connectivity index (χ1) is 13.1. The number of nitrogens with zero attached hydrogens (tertiary/aromatic N) is 1. The van der Waals surface area contributed by atoms with E-state index in [9.17, 15) is 4.79 Å². The fourth-order valence-electron chi connectivity index (χ4n) is 2.73. The van der Waals surface area contributed by atoms with Crippen molar-refractivity contribution in [3.8, 4) is 11.5 Å². The van der Waals surface area contributed by atoms with Crippen molar-refractivity contribution in [1.82, 2.24) is 4.90 Å². The minimum atomic E-state index is -0.307. The summed E-state index contributed by atoms with van der Waals surface area (Å²) in [7, 11) is 3.11. The fourth-order valence-corrected chi connectivity index (χ4v) is 2.73. The van der Waals surface area contributed by atoms with Crippen molar-refractivity contribution >= 4 is 11.7 Å². The van der Waals surface area contributed by atoms with E-state index in [4.69, 9.17) is 18.3 Å². The van der Waals surface area contributed by atoms with Gasteiger partial charge in [0, 0.05) is 6.07 Å². The van der Waals surface area contributed by atoms with Crippen LogP contribution in [0.1, 0.15) is 24.5 Å². The van der Waals surface area contributed by atoms with Crippen LogP contribution in [0, 0.1) is 0 Å². The summed E-state index contributed by atoms with van der Waals surface area (Å²) in [4.78, 5) is 14.7. The second-order valence-corrected chi connectivity index (χ2v) is 5.90. The molecule has 1 atom stereocenters. The molecule has 0 bridgehead atoms. The Hall–Kier alpha value is -3.35. The lowest BCUT2D eigenvalue weighted by molar-refractivity contribution is 0.173. The molecule has 2 amide bonds. The molecule has 1 aromatic carbocycles. The lowest BCUT2D eigenvalue weighted by atomic mass is 10.2. The number of urea groups is 1. The highest BCUT2D eigenvalue weighted by Gasteiger charge is 2.25. The third-order valence-electron chi connectivity index (χ3n) is 4.24. The van der Waals surface area contributed by atoms with Crippen LogP contribution in [-0.4, -0.2) is 25.2 Å². The number of methoxy groups -OCH3 is 2. The lowest BCUT2D eigenvalue weighted by Gasteiger charge is -2.27. The maximum atomic E-state index is 13.0. The van der Waals surface area contributed by atoms with Crippen LogP contribution in [0.3, 0.4) is 0 Å². The third kappa shape index (κ3) is 4.25. The molecule has 1 unspecified atom stereocenters. The summed E-state index contributed by atoms with van der Waals surface area (Å²) in [5.74, 6) is 2.50. The van der Waals surface area contributed by atoms with E-state index in [0.717, 1.165) is 0 Å². The summed E-state index contributed by atoms with van der Waals surface area (Å²) in [5.41, 5.74) is 0.541. The van der Waals surface area contributed by atoms with Crippen LogP contribution in [0.4, 0.5) is 10.5 Å². The van der Waals surface area contributed by atoms with Gasteiger partial charge in [-0.2, -0.15) is 0 Å². The molecule has 2 heterocycles. The number of amides is 2. The number of anilines is 1. The molecule has 0 spiro atoms. The van der Waals surface area contributed by atoms with Gasteiger partial charge in [0.1, 0.15) is 23.0 Å². The molecular formula is C20H22N2O5. The molecule has 0 aliphatic heterocycles. The van der Waals surface area contributed by atoms with E-state index in [1.165, 1.54) is 7.11 Å². The van der Waals surface area contributed by atoms with Crippen LogP contribution in [0.2, 0.25) is 0 Å². The second-order valence-electron chi connectivity index (χ2n) is 5.90. The van der Waals surface area contributed by atoms with Gasteiger partial charge in [-0.25, -0.2) is 4.79 Å². The predicted octanol–water partition coefficient (Wildman–Crippen LogP) is 4.69. The molecule has 27 heavy (non-hydrogen) atoms. The second kappa shape index (κ2) is 8.35. The highest BCUT2D eigenvalue weighted by atomic mass is 16.5. The van der Waals surface area contributed by atoms with Crippen molar-refractivity contribution in [1.29, 1.82) is 0 Å².